The van der Waals surface area contributed by atoms with Gasteiger partial charge in [0, 0.05) is 51.8 Å². The molecule has 1 aromatic carbocycles. The lowest BCUT2D eigenvalue weighted by atomic mass is 9.83. The maximum atomic E-state index is 12.4. The highest BCUT2D eigenvalue weighted by Crippen LogP contribution is 2.33. The van der Waals surface area contributed by atoms with Gasteiger partial charge in [0.05, 0.1) is 12.1 Å². The first-order valence-electron chi connectivity index (χ1n) is 9.08. The van der Waals surface area contributed by atoms with Gasteiger partial charge in [-0.1, -0.05) is 29.8 Å². The number of nitrogens with zero attached hydrogens (tertiary/aromatic N) is 2. The number of allylic oxidation sites excluding steroid dienone is 2. The summed E-state index contributed by atoms with van der Waals surface area (Å²) in [5, 5.41) is 13.6. The van der Waals surface area contributed by atoms with Crippen LogP contribution < -0.4 is 5.32 Å². The van der Waals surface area contributed by atoms with Crippen molar-refractivity contribution < 1.29 is 9.90 Å². The number of aliphatic hydroxyl groups is 1. The Labute approximate surface area is 149 Å². The molecule has 5 heteroatoms. The zero-order valence-corrected chi connectivity index (χ0v) is 14.9. The number of ketones is 1. The van der Waals surface area contributed by atoms with Crippen LogP contribution in [0, 0.1) is 6.92 Å². The average Bonchev–Trinajstić information content (AvgIpc) is 2.62. The summed E-state index contributed by atoms with van der Waals surface area (Å²) in [7, 11) is 0. The van der Waals surface area contributed by atoms with E-state index in [9.17, 15) is 9.90 Å². The first kappa shape index (κ1) is 17.8. The molecule has 0 saturated carbocycles. The summed E-state index contributed by atoms with van der Waals surface area (Å²) in [6.07, 6.45) is 2.52. The zero-order chi connectivity index (χ0) is 17.6. The van der Waals surface area contributed by atoms with E-state index in [4.69, 9.17) is 0 Å². The molecule has 0 radical (unpaired) electrons. The van der Waals surface area contributed by atoms with Crippen LogP contribution in [-0.2, 0) is 4.79 Å². The van der Waals surface area contributed by atoms with Crippen molar-refractivity contribution in [1.82, 2.24) is 10.2 Å². The molecule has 25 heavy (non-hydrogen) atoms. The Morgan fingerprint density at radius 3 is 2.64 bits per heavy atom. The van der Waals surface area contributed by atoms with Gasteiger partial charge in [0.2, 0.25) is 0 Å². The maximum Gasteiger partial charge on any atom is 0.168 e. The minimum Gasteiger partial charge on any atom is -0.511 e. The normalized spacial score (nSPS) is 22.8. The van der Waals surface area contributed by atoms with E-state index in [0.29, 0.717) is 25.0 Å². The molecule has 134 valence electrons. The highest BCUT2D eigenvalue weighted by atomic mass is 16.3. The fourth-order valence-electron chi connectivity index (χ4n) is 3.42. The second kappa shape index (κ2) is 8.41. The molecular weight excluding hydrogens is 314 g/mol. The zero-order valence-electron chi connectivity index (χ0n) is 14.9. The predicted octanol–water partition coefficient (Wildman–Crippen LogP) is 2.23. The monoisotopic (exact) mass is 341 g/mol. The van der Waals surface area contributed by atoms with Crippen molar-refractivity contribution >= 4 is 12.0 Å². The minimum absolute atomic E-state index is 0.0137. The third kappa shape index (κ3) is 4.77. The molecule has 2 aliphatic rings. The summed E-state index contributed by atoms with van der Waals surface area (Å²) >= 11 is 0. The van der Waals surface area contributed by atoms with Crippen LogP contribution in [0.2, 0.25) is 0 Å². The van der Waals surface area contributed by atoms with Crippen molar-refractivity contribution in [2.45, 2.75) is 25.7 Å². The standard InChI is InChI=1S/C20H27N3O2/c1-15-2-4-16(5-3-15)17-12-19(24)18(20(25)13-17)14-22-8-11-23-9-6-21-7-10-23/h2-5,14,17,21,24H,6-13H2,1H3. The van der Waals surface area contributed by atoms with E-state index in [1.54, 1.807) is 6.21 Å². The van der Waals surface area contributed by atoms with Crippen LogP contribution in [0.5, 0.6) is 0 Å². The van der Waals surface area contributed by atoms with Crippen molar-refractivity contribution in [2.24, 2.45) is 4.99 Å². The van der Waals surface area contributed by atoms with Gasteiger partial charge in [0.1, 0.15) is 5.76 Å². The van der Waals surface area contributed by atoms with Gasteiger partial charge in [-0.2, -0.15) is 0 Å². The number of aliphatic imine (C=N–C) groups is 1. The van der Waals surface area contributed by atoms with Gasteiger partial charge in [-0.25, -0.2) is 0 Å². The molecule has 1 aromatic rings. The van der Waals surface area contributed by atoms with Crippen LogP contribution >= 0.6 is 0 Å². The van der Waals surface area contributed by atoms with Crippen molar-refractivity contribution in [3.05, 3.63) is 46.7 Å². The molecule has 1 atom stereocenters. The number of hydrogen-bond acceptors (Lipinski definition) is 5. The van der Waals surface area contributed by atoms with E-state index in [-0.39, 0.29) is 17.5 Å². The van der Waals surface area contributed by atoms with Gasteiger partial charge in [-0.05, 0) is 18.4 Å². The summed E-state index contributed by atoms with van der Waals surface area (Å²) in [6.45, 7) is 7.73. The lowest BCUT2D eigenvalue weighted by Gasteiger charge is -2.26. The van der Waals surface area contributed by atoms with E-state index < -0.39 is 0 Å². The molecule has 0 amide bonds. The topological polar surface area (TPSA) is 64.9 Å². The van der Waals surface area contributed by atoms with Gasteiger partial charge >= 0.3 is 0 Å². The number of nitrogens with one attached hydrogen (secondary N) is 1. The summed E-state index contributed by atoms with van der Waals surface area (Å²) in [6, 6.07) is 8.20. The largest absolute Gasteiger partial charge is 0.511 e. The Morgan fingerprint density at radius 1 is 1.24 bits per heavy atom. The first-order chi connectivity index (χ1) is 12.1. The van der Waals surface area contributed by atoms with Gasteiger partial charge in [0.25, 0.3) is 0 Å². The van der Waals surface area contributed by atoms with Gasteiger partial charge in [-0.15, -0.1) is 0 Å². The van der Waals surface area contributed by atoms with Gasteiger partial charge in [-0.3, -0.25) is 14.7 Å². The maximum absolute atomic E-state index is 12.4. The van der Waals surface area contributed by atoms with Crippen LogP contribution in [0.3, 0.4) is 0 Å². The predicted molar refractivity (Wildman–Crippen MR) is 100 cm³/mol. The van der Waals surface area contributed by atoms with Crippen molar-refractivity contribution in [2.75, 3.05) is 39.3 Å². The van der Waals surface area contributed by atoms with Crippen LogP contribution in [0.1, 0.15) is 29.9 Å². The molecule has 0 aromatic heterocycles. The van der Waals surface area contributed by atoms with E-state index in [1.807, 2.05) is 31.2 Å². The number of Topliss-reactive ketones (excluding diaryl/α,β-unsaturated/α-hetero) is 1. The SMILES string of the molecule is Cc1ccc(C2CC(=O)C(C=NCCN3CCNCC3)=C(O)C2)cc1. The number of carbonyl (C=O) groups is 1. The highest BCUT2D eigenvalue weighted by molar-refractivity contribution is 6.14. The van der Waals surface area contributed by atoms with Crippen molar-refractivity contribution in [3.63, 3.8) is 0 Å². The van der Waals surface area contributed by atoms with Crippen LogP contribution in [0.25, 0.3) is 0 Å². The average molecular weight is 341 g/mol. The van der Waals surface area contributed by atoms with Gasteiger partial charge in [0.15, 0.2) is 5.78 Å². The quantitative estimate of drug-likeness (QED) is 0.806. The van der Waals surface area contributed by atoms with Crippen LogP contribution in [0.15, 0.2) is 40.6 Å². The lowest BCUT2D eigenvalue weighted by molar-refractivity contribution is -0.116. The van der Waals surface area contributed by atoms with E-state index in [1.165, 1.54) is 5.56 Å². The number of aliphatic hydroxyl groups excluding tert-OH is 1. The molecule has 1 unspecified atom stereocenters. The van der Waals surface area contributed by atoms with Crippen molar-refractivity contribution in [1.29, 1.82) is 0 Å². The minimum atomic E-state index is -0.0137. The molecule has 1 fully saturated rings. The Balaban J connectivity index is 1.57. The number of carbonyl (C=O) groups excluding carboxylic acids is 1. The number of hydrogen-bond donors (Lipinski definition) is 2. The van der Waals surface area contributed by atoms with Crippen LogP contribution in [0.4, 0.5) is 0 Å². The number of rotatable bonds is 5. The first-order valence-corrected chi connectivity index (χ1v) is 9.08. The van der Waals surface area contributed by atoms with E-state index in [0.717, 1.165) is 38.3 Å². The molecule has 1 heterocycles. The Hall–Kier alpha value is -1.98. The highest BCUT2D eigenvalue weighted by Gasteiger charge is 2.27. The molecule has 1 aliphatic carbocycles. The summed E-state index contributed by atoms with van der Waals surface area (Å²) in [4.78, 5) is 19.2. The fraction of sp³-hybridized carbons (Fsp3) is 0.500. The molecule has 0 bridgehead atoms. The lowest BCUT2D eigenvalue weighted by Crippen LogP contribution is -2.44. The van der Waals surface area contributed by atoms with Gasteiger partial charge < -0.3 is 10.4 Å². The smallest absolute Gasteiger partial charge is 0.168 e. The molecule has 1 aliphatic heterocycles. The van der Waals surface area contributed by atoms with E-state index in [2.05, 4.69) is 15.2 Å². The Bertz CT molecular complexity index is 658. The molecular formula is C20H27N3O2. The summed E-state index contributed by atoms with van der Waals surface area (Å²) in [5.41, 5.74) is 2.70. The number of aryl methyl sites for hydroxylation is 1. The molecule has 5 nitrogen and oxygen atoms in total. The molecule has 0 spiro atoms. The third-order valence-corrected chi connectivity index (χ3v) is 5.01. The number of benzene rings is 1. The Morgan fingerprint density at radius 2 is 1.96 bits per heavy atom. The van der Waals surface area contributed by atoms with Crippen molar-refractivity contribution in [3.8, 4) is 0 Å². The summed E-state index contributed by atoms with van der Waals surface area (Å²) in [5.74, 6) is 0.221. The summed E-state index contributed by atoms with van der Waals surface area (Å²) < 4.78 is 0. The molecule has 2 N–H and O–H groups in total. The van der Waals surface area contributed by atoms with Crippen LogP contribution in [-0.4, -0.2) is 61.3 Å². The Kier molecular flexibility index (Phi) is 6.00. The third-order valence-electron chi connectivity index (χ3n) is 5.01. The fourth-order valence-corrected chi connectivity index (χ4v) is 3.42. The molecule has 3 rings (SSSR count). The second-order valence-corrected chi connectivity index (χ2v) is 6.93. The molecule has 1 saturated heterocycles. The van der Waals surface area contributed by atoms with E-state index >= 15 is 0 Å². The second-order valence-electron chi connectivity index (χ2n) is 6.93. The number of piperazine rings is 1.